The molecule has 1 heterocycles. The van der Waals surface area contributed by atoms with Crippen LogP contribution in [0.3, 0.4) is 0 Å². The summed E-state index contributed by atoms with van der Waals surface area (Å²) in [5, 5.41) is 1.91. The van der Waals surface area contributed by atoms with E-state index in [1.807, 2.05) is 32.2 Å². The molecule has 1 unspecified atom stereocenters. The van der Waals surface area contributed by atoms with Crippen LogP contribution in [0, 0.1) is 0 Å². The molecular formula is C12H18BrNO3S2. The van der Waals surface area contributed by atoms with Gasteiger partial charge < -0.3 is 4.74 Å². The van der Waals surface area contributed by atoms with E-state index in [0.717, 1.165) is 9.35 Å². The standard InChI is InChI=1S/C12H18BrNO3S2/c1-8(2)19(16)14-12(3,6-11(15)17-4)10-5-9(13)7-18-10/h5,7-8,14H,6H2,1-4H3/t12-,19?/m0/s1. The number of carbonyl (C=O) groups excluding carboxylic acids is 1. The molecule has 0 fully saturated rings. The highest BCUT2D eigenvalue weighted by atomic mass is 79.9. The van der Waals surface area contributed by atoms with Crippen LogP contribution >= 0.6 is 27.3 Å². The Hall–Kier alpha value is -0.240. The lowest BCUT2D eigenvalue weighted by Crippen LogP contribution is -2.44. The molecule has 0 saturated carbocycles. The van der Waals surface area contributed by atoms with Gasteiger partial charge in [-0.05, 0) is 42.8 Å². The third-order valence-electron chi connectivity index (χ3n) is 2.59. The summed E-state index contributed by atoms with van der Waals surface area (Å²) in [7, 11) is 0.136. The zero-order valence-corrected chi connectivity index (χ0v) is 14.6. The normalized spacial score (nSPS) is 16.1. The van der Waals surface area contributed by atoms with Gasteiger partial charge in [0.25, 0.3) is 0 Å². The topological polar surface area (TPSA) is 55.4 Å². The van der Waals surface area contributed by atoms with Crippen LogP contribution in [-0.2, 0) is 26.1 Å². The van der Waals surface area contributed by atoms with Crippen molar-refractivity contribution >= 4 is 44.2 Å². The van der Waals surface area contributed by atoms with Gasteiger partial charge in [-0.2, -0.15) is 0 Å². The second kappa shape index (κ2) is 6.97. The maximum Gasteiger partial charge on any atom is 0.307 e. The highest BCUT2D eigenvalue weighted by Gasteiger charge is 2.33. The molecule has 0 aliphatic rings. The van der Waals surface area contributed by atoms with E-state index in [4.69, 9.17) is 4.74 Å². The first kappa shape index (κ1) is 16.8. The predicted molar refractivity (Wildman–Crippen MR) is 82.4 cm³/mol. The fourth-order valence-corrected chi connectivity index (χ4v) is 3.95. The van der Waals surface area contributed by atoms with Gasteiger partial charge in [-0.15, -0.1) is 11.3 Å². The minimum Gasteiger partial charge on any atom is -0.469 e. The smallest absolute Gasteiger partial charge is 0.307 e. The number of halogens is 1. The highest BCUT2D eigenvalue weighted by molar-refractivity contribution is 9.10. The lowest BCUT2D eigenvalue weighted by Gasteiger charge is -2.29. The van der Waals surface area contributed by atoms with Crippen LogP contribution in [0.4, 0.5) is 0 Å². The number of hydrogen-bond acceptors (Lipinski definition) is 4. The van der Waals surface area contributed by atoms with E-state index in [9.17, 15) is 9.00 Å². The van der Waals surface area contributed by atoms with E-state index in [1.54, 1.807) is 0 Å². The molecule has 0 bridgehead atoms. The van der Waals surface area contributed by atoms with E-state index in [0.29, 0.717) is 0 Å². The summed E-state index contributed by atoms with van der Waals surface area (Å²) in [4.78, 5) is 12.5. The molecule has 0 aromatic carbocycles. The van der Waals surface area contributed by atoms with Gasteiger partial charge in [-0.1, -0.05) is 0 Å². The van der Waals surface area contributed by atoms with Crippen molar-refractivity contribution in [2.45, 2.75) is 38.0 Å². The van der Waals surface area contributed by atoms with Gasteiger partial charge in [0.15, 0.2) is 0 Å². The molecule has 1 aromatic heterocycles. The van der Waals surface area contributed by atoms with Crippen molar-refractivity contribution in [1.82, 2.24) is 4.72 Å². The Labute approximate surface area is 128 Å². The molecule has 0 spiro atoms. The summed E-state index contributed by atoms with van der Waals surface area (Å²) >= 11 is 4.90. The first-order valence-corrected chi connectivity index (χ1v) is 8.67. The van der Waals surface area contributed by atoms with Gasteiger partial charge in [-0.3, -0.25) is 4.79 Å². The Morgan fingerprint density at radius 1 is 1.63 bits per heavy atom. The summed E-state index contributed by atoms with van der Waals surface area (Å²) < 4.78 is 20.8. The predicted octanol–water partition coefficient (Wildman–Crippen LogP) is 2.95. The molecule has 0 aliphatic carbocycles. The summed E-state index contributed by atoms with van der Waals surface area (Å²) in [6, 6.07) is 1.93. The number of rotatable bonds is 6. The lowest BCUT2D eigenvalue weighted by molar-refractivity contribution is -0.142. The molecule has 1 aromatic rings. The van der Waals surface area contributed by atoms with Gasteiger partial charge in [-0.25, -0.2) is 8.93 Å². The molecule has 7 heteroatoms. The van der Waals surface area contributed by atoms with Crippen LogP contribution < -0.4 is 4.72 Å². The van der Waals surface area contributed by atoms with Crippen LogP contribution in [0.25, 0.3) is 0 Å². The number of esters is 1. The van der Waals surface area contributed by atoms with Crippen molar-refractivity contribution in [1.29, 1.82) is 0 Å². The molecule has 4 nitrogen and oxygen atoms in total. The third kappa shape index (κ3) is 4.66. The average Bonchev–Trinajstić information content (AvgIpc) is 2.76. The van der Waals surface area contributed by atoms with E-state index in [1.165, 1.54) is 18.4 Å². The van der Waals surface area contributed by atoms with Crippen LogP contribution in [0.2, 0.25) is 0 Å². The maximum absolute atomic E-state index is 12.0. The molecule has 1 rings (SSSR count). The van der Waals surface area contributed by atoms with E-state index >= 15 is 0 Å². The quantitative estimate of drug-likeness (QED) is 0.786. The van der Waals surface area contributed by atoms with Crippen molar-refractivity contribution in [3.05, 3.63) is 20.8 Å². The summed E-state index contributed by atoms with van der Waals surface area (Å²) in [6.45, 7) is 5.60. The number of hydrogen-bond donors (Lipinski definition) is 1. The molecule has 0 saturated heterocycles. The Balaban J connectivity index is 3.02. The summed E-state index contributed by atoms with van der Waals surface area (Å²) in [5.41, 5.74) is -0.696. The second-order valence-corrected chi connectivity index (χ2v) is 8.23. The van der Waals surface area contributed by atoms with Crippen molar-refractivity contribution < 1.29 is 13.7 Å². The monoisotopic (exact) mass is 367 g/mol. The van der Waals surface area contributed by atoms with Gasteiger partial charge in [0, 0.05) is 20.0 Å². The fourth-order valence-electron chi connectivity index (χ4n) is 1.48. The lowest BCUT2D eigenvalue weighted by atomic mass is 9.97. The van der Waals surface area contributed by atoms with E-state index < -0.39 is 16.5 Å². The average molecular weight is 368 g/mol. The van der Waals surface area contributed by atoms with Crippen molar-refractivity contribution in [2.24, 2.45) is 0 Å². The summed E-state index contributed by atoms with van der Waals surface area (Å²) in [5.74, 6) is -0.333. The molecule has 108 valence electrons. The largest absolute Gasteiger partial charge is 0.469 e. The Morgan fingerprint density at radius 3 is 2.68 bits per heavy atom. The van der Waals surface area contributed by atoms with Crippen LogP contribution in [0.5, 0.6) is 0 Å². The third-order valence-corrected chi connectivity index (χ3v) is 6.05. The summed E-state index contributed by atoms with van der Waals surface area (Å²) in [6.07, 6.45) is 0.134. The number of nitrogens with one attached hydrogen (secondary N) is 1. The number of carbonyl (C=O) groups is 1. The molecule has 0 aliphatic heterocycles. The number of ether oxygens (including phenoxy) is 1. The van der Waals surface area contributed by atoms with Gasteiger partial charge >= 0.3 is 5.97 Å². The van der Waals surface area contributed by atoms with Crippen LogP contribution in [0.15, 0.2) is 15.9 Å². The highest BCUT2D eigenvalue weighted by Crippen LogP contribution is 2.33. The Bertz CT molecular complexity index is 475. The number of methoxy groups -OCH3 is 1. The molecule has 0 amide bonds. The molecule has 19 heavy (non-hydrogen) atoms. The Kier molecular flexibility index (Phi) is 6.16. The van der Waals surface area contributed by atoms with Crippen molar-refractivity contribution in [3.8, 4) is 0 Å². The molecule has 1 N–H and O–H groups in total. The molecular weight excluding hydrogens is 350 g/mol. The zero-order chi connectivity index (χ0) is 14.6. The maximum atomic E-state index is 12.0. The molecule has 0 radical (unpaired) electrons. The number of thiophene rings is 1. The van der Waals surface area contributed by atoms with Gasteiger partial charge in [0.1, 0.15) is 0 Å². The van der Waals surface area contributed by atoms with Crippen LogP contribution in [0.1, 0.15) is 32.1 Å². The zero-order valence-electron chi connectivity index (χ0n) is 11.4. The first-order chi connectivity index (χ1) is 8.78. The van der Waals surface area contributed by atoms with E-state index in [-0.39, 0.29) is 17.6 Å². The van der Waals surface area contributed by atoms with Crippen molar-refractivity contribution in [3.63, 3.8) is 0 Å². The van der Waals surface area contributed by atoms with E-state index in [2.05, 4.69) is 20.7 Å². The SMILES string of the molecule is COC(=O)C[C@](C)(NS(=O)C(C)C)c1cc(Br)cs1. The first-order valence-electron chi connectivity index (χ1n) is 5.78. The van der Waals surface area contributed by atoms with Crippen molar-refractivity contribution in [2.75, 3.05) is 7.11 Å². The minimum absolute atomic E-state index is 0.0274. The van der Waals surface area contributed by atoms with Crippen LogP contribution in [-0.4, -0.2) is 22.5 Å². The minimum atomic E-state index is -1.22. The Morgan fingerprint density at radius 2 is 2.26 bits per heavy atom. The molecule has 2 atom stereocenters. The fraction of sp³-hybridized carbons (Fsp3) is 0.583. The van der Waals surface area contributed by atoms with Gasteiger partial charge in [0.05, 0.1) is 30.1 Å². The van der Waals surface area contributed by atoms with Gasteiger partial charge in [0.2, 0.25) is 0 Å². The second-order valence-electron chi connectivity index (χ2n) is 4.66.